The highest BCUT2D eigenvalue weighted by Gasteiger charge is 2.19. The van der Waals surface area contributed by atoms with Crippen LogP contribution in [0, 0.1) is 11.3 Å². The molecule has 1 unspecified atom stereocenters. The molecule has 68 valence electrons. The van der Waals surface area contributed by atoms with Gasteiger partial charge in [0, 0.05) is 41.4 Å². The minimum absolute atomic E-state index is 0.326. The fraction of sp³-hybridized carbons (Fsp3) is 0.875. The molecule has 0 amide bonds. The zero-order chi connectivity index (χ0) is 8.97. The van der Waals surface area contributed by atoms with Crippen LogP contribution in [-0.2, 0) is 10.8 Å². The van der Waals surface area contributed by atoms with Crippen LogP contribution < -0.4 is 0 Å². The van der Waals surface area contributed by atoms with Crippen LogP contribution in [0.15, 0.2) is 0 Å². The van der Waals surface area contributed by atoms with Crippen molar-refractivity contribution < 1.29 is 4.21 Å². The topological polar surface area (TPSA) is 44.1 Å². The van der Waals surface area contributed by atoms with Gasteiger partial charge in [-0.3, -0.25) is 9.11 Å². The molecule has 1 heterocycles. The fourth-order valence-corrected chi connectivity index (χ4v) is 2.43. The van der Waals surface area contributed by atoms with Crippen LogP contribution in [0.2, 0.25) is 0 Å². The second-order valence-electron chi connectivity index (χ2n) is 3.10. The van der Waals surface area contributed by atoms with E-state index >= 15 is 0 Å². The predicted molar refractivity (Wildman–Crippen MR) is 49.1 cm³/mol. The van der Waals surface area contributed by atoms with Crippen molar-refractivity contribution in [1.82, 2.24) is 4.90 Å². The van der Waals surface area contributed by atoms with Gasteiger partial charge in [-0.15, -0.1) is 0 Å². The molecule has 0 aromatic heterocycles. The Kier molecular flexibility index (Phi) is 3.70. The monoisotopic (exact) mass is 186 g/mol. The van der Waals surface area contributed by atoms with Gasteiger partial charge < -0.3 is 0 Å². The van der Waals surface area contributed by atoms with Gasteiger partial charge in [0.2, 0.25) is 0 Å². The molecule has 1 aliphatic heterocycles. The Hall–Kier alpha value is -0.400. The molecular weight excluding hydrogens is 172 g/mol. The highest BCUT2D eigenvalue weighted by atomic mass is 32.2. The average molecular weight is 186 g/mol. The highest BCUT2D eigenvalue weighted by molar-refractivity contribution is 7.85. The zero-order valence-corrected chi connectivity index (χ0v) is 8.14. The molecule has 1 saturated heterocycles. The van der Waals surface area contributed by atoms with Gasteiger partial charge in [-0.05, 0) is 6.92 Å². The maximum Gasteiger partial charge on any atom is 0.0638 e. The molecule has 0 aromatic carbocycles. The molecule has 1 fully saturated rings. The lowest BCUT2D eigenvalue weighted by Crippen LogP contribution is -2.42. The van der Waals surface area contributed by atoms with Crippen molar-refractivity contribution in [3.05, 3.63) is 0 Å². The summed E-state index contributed by atoms with van der Waals surface area (Å²) in [6.07, 6.45) is 0.576. The van der Waals surface area contributed by atoms with Gasteiger partial charge in [-0.25, -0.2) is 0 Å². The summed E-state index contributed by atoms with van der Waals surface area (Å²) < 4.78 is 11.0. The second kappa shape index (κ2) is 4.58. The summed E-state index contributed by atoms with van der Waals surface area (Å²) in [4.78, 5) is 2.24. The molecule has 0 bridgehead atoms. The molecule has 0 aromatic rings. The van der Waals surface area contributed by atoms with Crippen LogP contribution in [0.25, 0.3) is 0 Å². The summed E-state index contributed by atoms with van der Waals surface area (Å²) in [5.41, 5.74) is 0. The van der Waals surface area contributed by atoms with Crippen molar-refractivity contribution >= 4 is 10.8 Å². The molecule has 0 saturated carbocycles. The van der Waals surface area contributed by atoms with E-state index in [0.29, 0.717) is 12.5 Å². The number of rotatable bonds is 2. The second-order valence-corrected chi connectivity index (χ2v) is 4.79. The van der Waals surface area contributed by atoms with Crippen LogP contribution in [0.3, 0.4) is 0 Å². The Labute approximate surface area is 75.8 Å². The van der Waals surface area contributed by atoms with Crippen molar-refractivity contribution in [2.24, 2.45) is 0 Å². The third-order valence-electron chi connectivity index (χ3n) is 2.22. The van der Waals surface area contributed by atoms with Crippen molar-refractivity contribution in [1.29, 1.82) is 5.26 Å². The normalized spacial score (nSPS) is 23.3. The molecule has 0 N–H and O–H groups in total. The lowest BCUT2D eigenvalue weighted by atomic mass is 10.2. The quantitative estimate of drug-likeness (QED) is 0.625. The number of nitriles is 1. The Bertz CT molecular complexity index is 202. The number of nitrogens with zero attached hydrogens (tertiary/aromatic N) is 2. The van der Waals surface area contributed by atoms with Gasteiger partial charge in [-0.1, -0.05) is 0 Å². The molecule has 0 radical (unpaired) electrons. The third-order valence-corrected chi connectivity index (χ3v) is 3.50. The summed E-state index contributed by atoms with van der Waals surface area (Å²) in [6.45, 7) is 3.82. The van der Waals surface area contributed by atoms with E-state index in [4.69, 9.17) is 5.26 Å². The van der Waals surface area contributed by atoms with E-state index in [-0.39, 0.29) is 0 Å². The van der Waals surface area contributed by atoms with E-state index in [2.05, 4.69) is 17.9 Å². The summed E-state index contributed by atoms with van der Waals surface area (Å²) in [6, 6.07) is 2.48. The standard InChI is InChI=1S/C8H14N2OS/c1-8(2-3-9)10-4-6-12(11)7-5-10/h8H,2,4-7H2,1H3. The minimum Gasteiger partial charge on any atom is -0.298 e. The summed E-state index contributed by atoms with van der Waals surface area (Å²) in [7, 11) is -0.606. The van der Waals surface area contributed by atoms with Crippen molar-refractivity contribution in [2.45, 2.75) is 19.4 Å². The van der Waals surface area contributed by atoms with Gasteiger partial charge in [0.15, 0.2) is 0 Å². The van der Waals surface area contributed by atoms with Crippen LogP contribution in [0.4, 0.5) is 0 Å². The molecule has 12 heavy (non-hydrogen) atoms. The lowest BCUT2D eigenvalue weighted by Gasteiger charge is -2.30. The summed E-state index contributed by atoms with van der Waals surface area (Å²) in [5, 5.41) is 8.48. The zero-order valence-electron chi connectivity index (χ0n) is 7.32. The van der Waals surface area contributed by atoms with Crippen LogP contribution >= 0.6 is 0 Å². The first kappa shape index (κ1) is 9.69. The van der Waals surface area contributed by atoms with Crippen LogP contribution in [0.1, 0.15) is 13.3 Å². The Balaban J connectivity index is 2.34. The van der Waals surface area contributed by atoms with Gasteiger partial charge >= 0.3 is 0 Å². The summed E-state index contributed by atoms with van der Waals surface area (Å²) in [5.74, 6) is 1.55. The Morgan fingerprint density at radius 1 is 1.58 bits per heavy atom. The van der Waals surface area contributed by atoms with Gasteiger partial charge in [0.1, 0.15) is 0 Å². The smallest absolute Gasteiger partial charge is 0.0638 e. The van der Waals surface area contributed by atoms with E-state index < -0.39 is 10.8 Å². The maximum atomic E-state index is 11.0. The van der Waals surface area contributed by atoms with Gasteiger partial charge in [0.05, 0.1) is 12.5 Å². The third kappa shape index (κ3) is 2.58. The molecule has 0 spiro atoms. The van der Waals surface area contributed by atoms with Gasteiger partial charge in [0.25, 0.3) is 0 Å². The van der Waals surface area contributed by atoms with Crippen molar-refractivity contribution in [3.8, 4) is 6.07 Å². The first-order valence-corrected chi connectivity index (χ1v) is 5.69. The van der Waals surface area contributed by atoms with Crippen molar-refractivity contribution in [2.75, 3.05) is 24.6 Å². The van der Waals surface area contributed by atoms with Crippen LogP contribution in [0.5, 0.6) is 0 Å². The lowest BCUT2D eigenvalue weighted by molar-refractivity contribution is 0.231. The maximum absolute atomic E-state index is 11.0. The van der Waals surface area contributed by atoms with Crippen molar-refractivity contribution in [3.63, 3.8) is 0 Å². The van der Waals surface area contributed by atoms with Crippen LogP contribution in [-0.4, -0.2) is 39.7 Å². The Morgan fingerprint density at radius 2 is 2.17 bits per heavy atom. The average Bonchev–Trinajstić information content (AvgIpc) is 2.06. The van der Waals surface area contributed by atoms with E-state index in [1.54, 1.807) is 0 Å². The molecule has 0 aliphatic carbocycles. The minimum atomic E-state index is -0.606. The van der Waals surface area contributed by atoms with E-state index in [0.717, 1.165) is 24.6 Å². The summed E-state index contributed by atoms with van der Waals surface area (Å²) >= 11 is 0. The van der Waals surface area contributed by atoms with E-state index in [1.165, 1.54) is 0 Å². The largest absolute Gasteiger partial charge is 0.298 e. The predicted octanol–water partition coefficient (Wildman–Crippen LogP) is 0.353. The number of hydrogen-bond acceptors (Lipinski definition) is 3. The first-order chi connectivity index (χ1) is 5.74. The van der Waals surface area contributed by atoms with E-state index in [1.807, 2.05) is 0 Å². The van der Waals surface area contributed by atoms with E-state index in [9.17, 15) is 4.21 Å². The first-order valence-electron chi connectivity index (χ1n) is 4.20. The highest BCUT2D eigenvalue weighted by Crippen LogP contribution is 2.07. The Morgan fingerprint density at radius 3 is 2.67 bits per heavy atom. The molecular formula is C8H14N2OS. The fourth-order valence-electron chi connectivity index (χ4n) is 1.35. The molecule has 3 nitrogen and oxygen atoms in total. The molecule has 1 atom stereocenters. The number of hydrogen-bond donors (Lipinski definition) is 0. The van der Waals surface area contributed by atoms with Gasteiger partial charge in [-0.2, -0.15) is 5.26 Å². The molecule has 1 rings (SSSR count). The molecule has 4 heteroatoms. The molecule has 1 aliphatic rings. The SMILES string of the molecule is CC(CC#N)N1CCS(=O)CC1.